The van der Waals surface area contributed by atoms with Crippen molar-refractivity contribution in [3.8, 4) is 0 Å². The lowest BCUT2D eigenvalue weighted by molar-refractivity contribution is -0.116. The van der Waals surface area contributed by atoms with Gasteiger partial charge in [-0.15, -0.1) is 0 Å². The summed E-state index contributed by atoms with van der Waals surface area (Å²) in [6, 6.07) is 2.69. The zero-order valence-electron chi connectivity index (χ0n) is 15.3. The number of benzene rings is 1. The molecule has 2 atom stereocenters. The van der Waals surface area contributed by atoms with Crippen molar-refractivity contribution >= 4 is 17.8 Å². The van der Waals surface area contributed by atoms with Crippen LogP contribution in [-0.4, -0.2) is 56.5 Å². The van der Waals surface area contributed by atoms with Gasteiger partial charge in [0.1, 0.15) is 17.3 Å². The number of amides is 1. The molecule has 0 unspecified atom stereocenters. The molecule has 0 bridgehead atoms. The van der Waals surface area contributed by atoms with Gasteiger partial charge in [0.25, 0.3) is 5.91 Å². The lowest BCUT2D eigenvalue weighted by atomic mass is 10.2. The Morgan fingerprint density at radius 2 is 1.93 bits per heavy atom. The van der Waals surface area contributed by atoms with E-state index in [0.29, 0.717) is 38.7 Å². The Kier molecular flexibility index (Phi) is 6.56. The van der Waals surface area contributed by atoms with Crippen LogP contribution in [-0.2, 0) is 9.53 Å². The highest BCUT2D eigenvalue weighted by atomic mass is 19.1. The number of piperazine rings is 1. The van der Waals surface area contributed by atoms with E-state index in [1.807, 2.05) is 4.90 Å². The molecule has 152 valence electrons. The number of nitrogens with one attached hydrogen (secondary N) is 3. The highest BCUT2D eigenvalue weighted by Crippen LogP contribution is 2.39. The smallest absolute Gasteiger partial charge is 0.293 e. The number of allylic oxidation sites excluding steroid dienone is 1. The normalized spacial score (nSPS) is 22.3. The third-order valence-electron chi connectivity index (χ3n) is 4.86. The van der Waals surface area contributed by atoms with Crippen LogP contribution < -0.4 is 10.6 Å². The van der Waals surface area contributed by atoms with Crippen molar-refractivity contribution in [1.29, 1.82) is 5.41 Å². The number of halogens is 3. The summed E-state index contributed by atoms with van der Waals surface area (Å²) in [4.78, 5) is 14.6. The maximum absolute atomic E-state index is 13.4. The van der Waals surface area contributed by atoms with Gasteiger partial charge in [-0.2, -0.15) is 0 Å². The summed E-state index contributed by atoms with van der Waals surface area (Å²) < 4.78 is 45.3. The van der Waals surface area contributed by atoms with Crippen LogP contribution in [0.25, 0.3) is 0 Å². The largest absolute Gasteiger partial charge is 0.486 e. The van der Waals surface area contributed by atoms with Crippen LogP contribution in [0.1, 0.15) is 6.42 Å². The molecule has 0 aromatic heterocycles. The van der Waals surface area contributed by atoms with Crippen LogP contribution >= 0.6 is 0 Å². The Labute approximate surface area is 161 Å². The number of hydrogen-bond donors (Lipinski definition) is 3. The zero-order chi connectivity index (χ0) is 20.1. The highest BCUT2D eigenvalue weighted by Gasteiger charge is 2.38. The SMILES string of the molecule is N=CC(=C(OC[C@H]1C[C@@H]1CF)C(=O)Nc1cc(F)cc(F)c1)N1CCNCC1. The van der Waals surface area contributed by atoms with Gasteiger partial charge in [-0.25, -0.2) is 8.78 Å². The first-order chi connectivity index (χ1) is 13.5. The molecule has 1 amide bonds. The van der Waals surface area contributed by atoms with Gasteiger partial charge in [0.05, 0.1) is 13.3 Å². The second kappa shape index (κ2) is 9.09. The van der Waals surface area contributed by atoms with E-state index in [9.17, 15) is 18.0 Å². The minimum absolute atomic E-state index is 0.0226. The number of hydrogen-bond acceptors (Lipinski definition) is 5. The lowest BCUT2D eigenvalue weighted by Crippen LogP contribution is -2.44. The number of carbonyl (C=O) groups excluding carboxylic acids is 1. The summed E-state index contributed by atoms with van der Waals surface area (Å²) in [7, 11) is 0. The van der Waals surface area contributed by atoms with Crippen LogP contribution in [0.5, 0.6) is 0 Å². The molecule has 28 heavy (non-hydrogen) atoms. The molecule has 6 nitrogen and oxygen atoms in total. The number of anilines is 1. The molecule has 0 spiro atoms. The summed E-state index contributed by atoms with van der Waals surface area (Å²) in [6.45, 7) is 2.25. The Hall–Kier alpha value is -2.55. The Balaban J connectivity index is 1.81. The Morgan fingerprint density at radius 1 is 1.25 bits per heavy atom. The molecule has 1 heterocycles. The monoisotopic (exact) mass is 396 g/mol. The van der Waals surface area contributed by atoms with E-state index in [0.717, 1.165) is 18.3 Å². The van der Waals surface area contributed by atoms with Crippen molar-refractivity contribution in [2.75, 3.05) is 44.8 Å². The van der Waals surface area contributed by atoms with Crippen LogP contribution in [0.2, 0.25) is 0 Å². The summed E-state index contributed by atoms with van der Waals surface area (Å²) in [5.74, 6) is -2.50. The van der Waals surface area contributed by atoms with Crippen molar-refractivity contribution in [3.63, 3.8) is 0 Å². The average Bonchev–Trinajstić information content (AvgIpc) is 3.43. The number of ether oxygens (including phenoxy) is 1. The highest BCUT2D eigenvalue weighted by molar-refractivity contribution is 6.05. The quantitative estimate of drug-likeness (QED) is 0.358. The van der Waals surface area contributed by atoms with Gasteiger partial charge in [-0.1, -0.05) is 0 Å². The Morgan fingerprint density at radius 3 is 2.50 bits per heavy atom. The summed E-state index contributed by atoms with van der Waals surface area (Å²) >= 11 is 0. The van der Waals surface area contributed by atoms with E-state index < -0.39 is 24.2 Å². The maximum Gasteiger partial charge on any atom is 0.293 e. The fourth-order valence-electron chi connectivity index (χ4n) is 3.17. The summed E-state index contributed by atoms with van der Waals surface area (Å²) in [6.07, 6.45) is 1.72. The van der Waals surface area contributed by atoms with Gasteiger partial charge in [0.15, 0.2) is 0 Å². The molecule has 3 rings (SSSR count). The number of carbonyl (C=O) groups is 1. The zero-order valence-corrected chi connectivity index (χ0v) is 15.3. The molecular weight excluding hydrogens is 373 g/mol. The van der Waals surface area contributed by atoms with Crippen molar-refractivity contribution in [2.24, 2.45) is 11.8 Å². The van der Waals surface area contributed by atoms with E-state index in [1.165, 1.54) is 0 Å². The molecule has 1 aromatic carbocycles. The van der Waals surface area contributed by atoms with E-state index in [-0.39, 0.29) is 35.6 Å². The van der Waals surface area contributed by atoms with E-state index in [4.69, 9.17) is 10.1 Å². The standard InChI is InChI=1S/C19H23F3N4O2/c20-9-12-5-13(12)11-28-18(17(10-23)26-3-1-24-2-4-26)19(27)25-16-7-14(21)6-15(22)8-16/h6-8,10,12-13,23-24H,1-5,9,11H2,(H,25,27)/t12-,13-/m1/s1. The van der Waals surface area contributed by atoms with Crippen molar-refractivity contribution in [1.82, 2.24) is 10.2 Å². The minimum atomic E-state index is -0.820. The molecule has 1 aromatic rings. The minimum Gasteiger partial charge on any atom is -0.486 e. The van der Waals surface area contributed by atoms with Crippen LogP contribution in [0.15, 0.2) is 29.7 Å². The predicted octanol–water partition coefficient (Wildman–Crippen LogP) is 2.29. The van der Waals surface area contributed by atoms with Crippen molar-refractivity contribution < 1.29 is 22.7 Å². The van der Waals surface area contributed by atoms with Gasteiger partial charge in [-0.3, -0.25) is 9.18 Å². The molecule has 1 aliphatic heterocycles. The van der Waals surface area contributed by atoms with E-state index in [2.05, 4.69) is 10.6 Å². The second-order valence-electron chi connectivity index (χ2n) is 6.93. The first-order valence-electron chi connectivity index (χ1n) is 9.18. The first kappa shape index (κ1) is 20.2. The third kappa shape index (κ3) is 5.03. The van der Waals surface area contributed by atoms with Crippen molar-refractivity contribution in [2.45, 2.75) is 6.42 Å². The van der Waals surface area contributed by atoms with Crippen LogP contribution in [0.4, 0.5) is 18.9 Å². The molecule has 1 aliphatic carbocycles. The molecule has 1 saturated heterocycles. The molecule has 2 fully saturated rings. The second-order valence-corrected chi connectivity index (χ2v) is 6.93. The average molecular weight is 396 g/mol. The summed E-state index contributed by atoms with van der Waals surface area (Å²) in [5.41, 5.74) is 0.231. The fraction of sp³-hybridized carbons (Fsp3) is 0.474. The van der Waals surface area contributed by atoms with Crippen LogP contribution in [0.3, 0.4) is 0 Å². The molecule has 9 heteroatoms. The number of alkyl halides is 1. The fourth-order valence-corrected chi connectivity index (χ4v) is 3.17. The molecular formula is C19H23F3N4O2. The van der Waals surface area contributed by atoms with E-state index >= 15 is 0 Å². The van der Waals surface area contributed by atoms with Gasteiger partial charge < -0.3 is 25.7 Å². The number of rotatable bonds is 8. The number of nitrogens with zero attached hydrogens (tertiary/aromatic N) is 1. The third-order valence-corrected chi connectivity index (χ3v) is 4.86. The van der Waals surface area contributed by atoms with Gasteiger partial charge in [-0.05, 0) is 30.4 Å². The molecule has 1 saturated carbocycles. The summed E-state index contributed by atoms with van der Waals surface area (Å²) in [5, 5.41) is 13.4. The Bertz CT molecular complexity index is 745. The lowest BCUT2D eigenvalue weighted by Gasteiger charge is -2.31. The van der Waals surface area contributed by atoms with Gasteiger partial charge >= 0.3 is 0 Å². The van der Waals surface area contributed by atoms with Crippen molar-refractivity contribution in [3.05, 3.63) is 41.3 Å². The van der Waals surface area contributed by atoms with Crippen LogP contribution in [0, 0.1) is 28.9 Å². The molecule has 3 N–H and O–H groups in total. The van der Waals surface area contributed by atoms with Gasteiger partial charge in [0, 0.05) is 44.1 Å². The first-order valence-corrected chi connectivity index (χ1v) is 9.18. The van der Waals surface area contributed by atoms with Gasteiger partial charge in [0.2, 0.25) is 5.76 Å². The molecule has 0 radical (unpaired) electrons. The molecule has 2 aliphatic rings. The topological polar surface area (TPSA) is 77.5 Å². The predicted molar refractivity (Wildman–Crippen MR) is 98.8 cm³/mol. The maximum atomic E-state index is 13.4. The van der Waals surface area contributed by atoms with E-state index in [1.54, 1.807) is 0 Å².